The summed E-state index contributed by atoms with van der Waals surface area (Å²) in [6, 6.07) is 11.1. The fourth-order valence-electron chi connectivity index (χ4n) is 2.91. The second kappa shape index (κ2) is 8.30. The van der Waals surface area contributed by atoms with Gasteiger partial charge in [-0.05, 0) is 35.4 Å². The molecule has 0 saturated carbocycles. The van der Waals surface area contributed by atoms with Crippen molar-refractivity contribution in [3.8, 4) is 11.5 Å². The van der Waals surface area contributed by atoms with Crippen LogP contribution in [0.1, 0.15) is 11.1 Å². The van der Waals surface area contributed by atoms with Gasteiger partial charge in [0.2, 0.25) is 5.91 Å². The van der Waals surface area contributed by atoms with E-state index in [1.807, 2.05) is 24.3 Å². The van der Waals surface area contributed by atoms with Crippen molar-refractivity contribution in [3.05, 3.63) is 65.9 Å². The molecule has 7 heteroatoms. The van der Waals surface area contributed by atoms with Crippen LogP contribution in [0.25, 0.3) is 17.0 Å². The lowest BCUT2D eigenvalue weighted by Crippen LogP contribution is -2.41. The van der Waals surface area contributed by atoms with Gasteiger partial charge in [-0.15, -0.1) is 0 Å². The van der Waals surface area contributed by atoms with Crippen LogP contribution in [0.4, 0.5) is 0 Å². The van der Waals surface area contributed by atoms with E-state index in [2.05, 4.69) is 10.3 Å². The molecule has 1 aromatic heterocycles. The summed E-state index contributed by atoms with van der Waals surface area (Å²) in [5, 5.41) is 22.5. The lowest BCUT2D eigenvalue weighted by atomic mass is 10.0. The highest BCUT2D eigenvalue weighted by Crippen LogP contribution is 2.26. The van der Waals surface area contributed by atoms with Crippen LogP contribution in [0.2, 0.25) is 0 Å². The SMILES string of the molecule is COc1cc(C=CC(=O)NC(Cc2c[nH]c3ccccc23)C(=O)O)ccc1O. The molecule has 1 atom stereocenters. The number of para-hydroxylation sites is 1. The highest BCUT2D eigenvalue weighted by Gasteiger charge is 2.21. The number of carboxylic acid groups (broad SMARTS) is 1. The molecule has 0 aliphatic rings. The topological polar surface area (TPSA) is 112 Å². The molecule has 0 radical (unpaired) electrons. The zero-order chi connectivity index (χ0) is 20.1. The van der Waals surface area contributed by atoms with Gasteiger partial charge in [0.1, 0.15) is 6.04 Å². The summed E-state index contributed by atoms with van der Waals surface area (Å²) in [6.07, 6.45) is 4.68. The molecule has 28 heavy (non-hydrogen) atoms. The monoisotopic (exact) mass is 380 g/mol. The Labute approximate surface area is 161 Å². The van der Waals surface area contributed by atoms with Crippen LogP contribution >= 0.6 is 0 Å². The Balaban J connectivity index is 1.70. The highest BCUT2D eigenvalue weighted by molar-refractivity contribution is 5.94. The van der Waals surface area contributed by atoms with Crippen molar-refractivity contribution in [1.29, 1.82) is 0 Å². The molecule has 1 unspecified atom stereocenters. The summed E-state index contributed by atoms with van der Waals surface area (Å²) in [5.74, 6) is -1.36. The third-order valence-electron chi connectivity index (χ3n) is 4.34. The van der Waals surface area contributed by atoms with Gasteiger partial charge in [-0.1, -0.05) is 24.3 Å². The second-order valence-electron chi connectivity index (χ2n) is 6.23. The molecule has 3 aromatic rings. The zero-order valence-corrected chi connectivity index (χ0v) is 15.2. The number of aromatic amines is 1. The Morgan fingerprint density at radius 3 is 2.79 bits per heavy atom. The predicted molar refractivity (Wildman–Crippen MR) is 105 cm³/mol. The molecule has 3 rings (SSSR count). The molecule has 2 aromatic carbocycles. The number of benzene rings is 2. The van der Waals surface area contributed by atoms with Gasteiger partial charge in [0.15, 0.2) is 11.5 Å². The number of nitrogens with one attached hydrogen (secondary N) is 2. The first kappa shape index (κ1) is 19.0. The number of H-pyrrole nitrogens is 1. The minimum Gasteiger partial charge on any atom is -0.504 e. The number of ether oxygens (including phenoxy) is 1. The van der Waals surface area contributed by atoms with Gasteiger partial charge in [-0.25, -0.2) is 4.79 Å². The van der Waals surface area contributed by atoms with E-state index >= 15 is 0 Å². The normalized spacial score (nSPS) is 12.2. The Morgan fingerprint density at radius 2 is 2.04 bits per heavy atom. The van der Waals surface area contributed by atoms with Crippen LogP contribution in [0.5, 0.6) is 11.5 Å². The molecule has 0 aliphatic carbocycles. The number of carboxylic acids is 1. The molecular formula is C21H20N2O5. The van der Waals surface area contributed by atoms with Crippen molar-refractivity contribution in [2.45, 2.75) is 12.5 Å². The Bertz CT molecular complexity index is 1040. The van der Waals surface area contributed by atoms with Gasteiger partial charge in [0.05, 0.1) is 7.11 Å². The van der Waals surface area contributed by atoms with Crippen LogP contribution < -0.4 is 10.1 Å². The smallest absolute Gasteiger partial charge is 0.326 e. The molecule has 0 fully saturated rings. The minimum absolute atomic E-state index is 0.00577. The first-order valence-corrected chi connectivity index (χ1v) is 8.61. The highest BCUT2D eigenvalue weighted by atomic mass is 16.5. The van der Waals surface area contributed by atoms with Crippen LogP contribution in [0.3, 0.4) is 0 Å². The van der Waals surface area contributed by atoms with Gasteiger partial charge in [-0.3, -0.25) is 4.79 Å². The number of rotatable bonds is 7. The van der Waals surface area contributed by atoms with Gasteiger partial charge in [0, 0.05) is 29.6 Å². The number of methoxy groups -OCH3 is 1. The van der Waals surface area contributed by atoms with E-state index in [9.17, 15) is 19.8 Å². The zero-order valence-electron chi connectivity index (χ0n) is 15.2. The summed E-state index contributed by atoms with van der Waals surface area (Å²) >= 11 is 0. The van der Waals surface area contributed by atoms with Gasteiger partial charge in [-0.2, -0.15) is 0 Å². The number of phenolic OH excluding ortho intramolecular Hbond substituents is 1. The van der Waals surface area contributed by atoms with Gasteiger partial charge >= 0.3 is 5.97 Å². The average molecular weight is 380 g/mol. The number of aliphatic carboxylic acids is 1. The number of hydrogen-bond acceptors (Lipinski definition) is 4. The maximum absolute atomic E-state index is 12.2. The fraction of sp³-hybridized carbons (Fsp3) is 0.143. The van der Waals surface area contributed by atoms with Crippen LogP contribution in [0, 0.1) is 0 Å². The summed E-state index contributed by atoms with van der Waals surface area (Å²) in [5.41, 5.74) is 2.36. The molecular weight excluding hydrogens is 360 g/mol. The van der Waals surface area contributed by atoms with E-state index in [1.54, 1.807) is 18.3 Å². The van der Waals surface area contributed by atoms with Crippen molar-refractivity contribution < 1.29 is 24.5 Å². The number of aromatic hydroxyl groups is 1. The van der Waals surface area contributed by atoms with Gasteiger partial charge in [0.25, 0.3) is 0 Å². The van der Waals surface area contributed by atoms with E-state index in [0.717, 1.165) is 16.5 Å². The molecule has 0 aliphatic heterocycles. The molecule has 0 saturated heterocycles. The van der Waals surface area contributed by atoms with Crippen molar-refractivity contribution >= 4 is 28.9 Å². The Kier molecular flexibility index (Phi) is 5.64. The molecule has 1 heterocycles. The van der Waals surface area contributed by atoms with E-state index < -0.39 is 17.9 Å². The summed E-state index contributed by atoms with van der Waals surface area (Å²) in [4.78, 5) is 26.9. The van der Waals surface area contributed by atoms with E-state index in [-0.39, 0.29) is 17.9 Å². The minimum atomic E-state index is -1.11. The number of amides is 1. The molecule has 144 valence electrons. The quantitative estimate of drug-likeness (QED) is 0.471. The summed E-state index contributed by atoms with van der Waals surface area (Å²) < 4.78 is 5.02. The van der Waals surface area contributed by atoms with E-state index in [4.69, 9.17) is 4.74 Å². The second-order valence-corrected chi connectivity index (χ2v) is 6.23. The molecule has 7 nitrogen and oxygen atoms in total. The van der Waals surface area contributed by atoms with E-state index in [1.165, 1.54) is 25.3 Å². The van der Waals surface area contributed by atoms with Gasteiger partial charge < -0.3 is 25.3 Å². The number of fused-ring (bicyclic) bond motifs is 1. The third-order valence-corrected chi connectivity index (χ3v) is 4.34. The number of phenols is 1. The first-order chi connectivity index (χ1) is 13.5. The average Bonchev–Trinajstić information content (AvgIpc) is 3.09. The Hall–Kier alpha value is -3.74. The lowest BCUT2D eigenvalue weighted by molar-refractivity contribution is -0.141. The number of hydrogen-bond donors (Lipinski definition) is 4. The Morgan fingerprint density at radius 1 is 1.25 bits per heavy atom. The first-order valence-electron chi connectivity index (χ1n) is 8.61. The number of carbonyl (C=O) groups is 2. The van der Waals surface area contributed by atoms with Crippen molar-refractivity contribution in [2.75, 3.05) is 7.11 Å². The third kappa shape index (κ3) is 4.32. The van der Waals surface area contributed by atoms with E-state index in [0.29, 0.717) is 5.56 Å². The maximum Gasteiger partial charge on any atom is 0.326 e. The van der Waals surface area contributed by atoms with Crippen molar-refractivity contribution in [1.82, 2.24) is 10.3 Å². The van der Waals surface area contributed by atoms with Crippen molar-refractivity contribution in [2.24, 2.45) is 0 Å². The molecule has 1 amide bonds. The van der Waals surface area contributed by atoms with Crippen LogP contribution in [-0.4, -0.2) is 40.2 Å². The number of aromatic nitrogens is 1. The molecule has 0 bridgehead atoms. The standard InChI is InChI=1S/C21H20N2O5/c1-28-19-10-13(6-8-18(19)24)7-9-20(25)23-17(21(26)27)11-14-12-22-16-5-3-2-4-15(14)16/h2-10,12,17,22,24H,11H2,1H3,(H,23,25)(H,26,27). The number of carbonyl (C=O) groups excluding carboxylic acids is 1. The predicted octanol–water partition coefficient (Wildman–Crippen LogP) is 2.71. The summed E-state index contributed by atoms with van der Waals surface area (Å²) in [6.45, 7) is 0. The lowest BCUT2D eigenvalue weighted by Gasteiger charge is -2.13. The van der Waals surface area contributed by atoms with Crippen LogP contribution in [-0.2, 0) is 16.0 Å². The maximum atomic E-state index is 12.2. The van der Waals surface area contributed by atoms with Crippen LogP contribution in [0.15, 0.2) is 54.7 Å². The summed E-state index contributed by atoms with van der Waals surface area (Å²) in [7, 11) is 1.43. The van der Waals surface area contributed by atoms with Crippen molar-refractivity contribution in [3.63, 3.8) is 0 Å². The molecule has 0 spiro atoms. The largest absolute Gasteiger partial charge is 0.504 e. The molecule has 4 N–H and O–H groups in total. The fourth-order valence-corrected chi connectivity index (χ4v) is 2.91.